The van der Waals surface area contributed by atoms with E-state index in [-0.39, 0.29) is 30.3 Å². The Morgan fingerprint density at radius 1 is 0.938 bits per heavy atom. The van der Waals surface area contributed by atoms with Crippen molar-refractivity contribution in [3.05, 3.63) is 11.6 Å². The fraction of sp³-hybridized carbons (Fsp3) is 0.889. The van der Waals surface area contributed by atoms with Crippen LogP contribution in [0.1, 0.15) is 88.5 Å². The summed E-state index contributed by atoms with van der Waals surface area (Å²) >= 11 is 0. The number of hydrogen-bond acceptors (Lipinski definition) is 12. The van der Waals surface area contributed by atoms with Gasteiger partial charge in [-0.25, -0.2) is 0 Å². The van der Waals surface area contributed by atoms with Crippen molar-refractivity contribution >= 4 is 11.8 Å². The first-order valence-corrected chi connectivity index (χ1v) is 17.5. The molecule has 12 heteroatoms. The van der Waals surface area contributed by atoms with Crippen LogP contribution in [0.2, 0.25) is 0 Å². The van der Waals surface area contributed by atoms with E-state index in [0.717, 1.165) is 0 Å². The van der Waals surface area contributed by atoms with E-state index in [1.165, 1.54) is 20.1 Å². The number of methoxy groups -OCH3 is 1. The SMILES string of the molecule is CO[C@]1(C)CC(OC2[C@@H](C)C(OC3O[C@H](C)CC(N(C)C)C3O)[C@@H](C)C[C@@H](C)C(=O)/C(C)=C/[C@](C)(O)[C@@H](C)OC(=O)[C@@H]2C)O[C@@H](C)C1O. The number of esters is 1. The van der Waals surface area contributed by atoms with Crippen LogP contribution < -0.4 is 0 Å². The number of rotatable bonds is 6. The van der Waals surface area contributed by atoms with Crippen molar-refractivity contribution in [1.29, 1.82) is 0 Å². The number of cyclic esters (lactones) is 1. The molecule has 0 aromatic carbocycles. The lowest BCUT2D eigenvalue weighted by molar-refractivity contribution is -0.309. The molecule has 3 aliphatic rings. The molecule has 3 aliphatic heterocycles. The number of nitrogens with zero attached hydrogens (tertiary/aromatic N) is 1. The van der Waals surface area contributed by atoms with Gasteiger partial charge in [0.2, 0.25) is 0 Å². The summed E-state index contributed by atoms with van der Waals surface area (Å²) in [7, 11) is 5.34. The molecule has 16 atom stereocenters. The summed E-state index contributed by atoms with van der Waals surface area (Å²) < 4.78 is 37.3. The third kappa shape index (κ3) is 9.24. The molecule has 3 N–H and O–H groups in total. The lowest BCUT2D eigenvalue weighted by atomic mass is 9.79. The minimum atomic E-state index is -1.61. The van der Waals surface area contributed by atoms with E-state index < -0.39 is 84.1 Å². The number of Topliss-reactive ketones (excluding diaryl/α,β-unsaturated/α-hetero) is 1. The molecule has 0 aromatic heterocycles. The minimum absolute atomic E-state index is 0.137. The maximum Gasteiger partial charge on any atom is 0.311 e. The molecule has 0 saturated carbocycles. The molecule has 0 aliphatic carbocycles. The second-order valence-electron chi connectivity index (χ2n) is 15.5. The van der Waals surface area contributed by atoms with E-state index in [0.29, 0.717) is 18.4 Å². The van der Waals surface area contributed by atoms with Gasteiger partial charge in [-0.05, 0) is 93.0 Å². The van der Waals surface area contributed by atoms with Gasteiger partial charge >= 0.3 is 5.97 Å². The van der Waals surface area contributed by atoms with Gasteiger partial charge in [-0.3, -0.25) is 9.59 Å². The molecule has 12 nitrogen and oxygen atoms in total. The highest BCUT2D eigenvalue weighted by Crippen LogP contribution is 2.38. The van der Waals surface area contributed by atoms with Gasteiger partial charge in [-0.15, -0.1) is 0 Å². The van der Waals surface area contributed by atoms with E-state index in [1.54, 1.807) is 34.6 Å². The fourth-order valence-corrected chi connectivity index (χ4v) is 7.59. The Morgan fingerprint density at radius 2 is 1.56 bits per heavy atom. The van der Waals surface area contributed by atoms with Crippen LogP contribution in [-0.4, -0.2) is 126 Å². The highest BCUT2D eigenvalue weighted by atomic mass is 16.7. The smallest absolute Gasteiger partial charge is 0.311 e. The number of hydrogen-bond donors (Lipinski definition) is 3. The van der Waals surface area contributed by atoms with E-state index in [1.807, 2.05) is 46.7 Å². The van der Waals surface area contributed by atoms with Crippen LogP contribution in [-0.2, 0) is 38.0 Å². The molecule has 2 fully saturated rings. The Kier molecular flexibility index (Phi) is 13.9. The van der Waals surface area contributed by atoms with Gasteiger partial charge in [0, 0.05) is 31.4 Å². The van der Waals surface area contributed by atoms with Crippen molar-refractivity contribution in [3.63, 3.8) is 0 Å². The molecule has 278 valence electrons. The summed E-state index contributed by atoms with van der Waals surface area (Å²) in [5, 5.41) is 33.5. The van der Waals surface area contributed by atoms with Gasteiger partial charge in [0.15, 0.2) is 18.4 Å². The molecule has 2 saturated heterocycles. The standard InChI is InChI=1S/C36H63NO11/c1-18-14-19(2)30(48-34-29(39)26(37(11)12)15-21(4)44-34)22(5)31(47-27-17-36(10,43-13)32(40)24(7)45-27)23(6)33(41)46-25(8)35(9,42)16-20(3)28(18)38/h16,18-19,21-27,29-32,34,39-40,42H,14-15,17H2,1-13H3/b20-16+/t18-,19+,21-,22+,23-,24+,25-,26?,27?,29?,30?,31?,32?,34?,35+,36-/m1/s1. The van der Waals surface area contributed by atoms with Gasteiger partial charge < -0.3 is 48.6 Å². The minimum Gasteiger partial charge on any atom is -0.459 e. The molecule has 0 bridgehead atoms. The number of carbonyl (C=O) groups excluding carboxylic acids is 2. The van der Waals surface area contributed by atoms with Crippen molar-refractivity contribution in [2.45, 2.75) is 161 Å². The fourth-order valence-electron chi connectivity index (χ4n) is 7.59. The van der Waals surface area contributed by atoms with E-state index in [9.17, 15) is 24.9 Å². The van der Waals surface area contributed by atoms with Gasteiger partial charge in [-0.2, -0.15) is 0 Å². The average Bonchev–Trinajstić information content (AvgIpc) is 3.00. The van der Waals surface area contributed by atoms with Crippen molar-refractivity contribution in [2.24, 2.45) is 23.7 Å². The number of ether oxygens (including phenoxy) is 6. The molecule has 0 aromatic rings. The predicted octanol–water partition coefficient (Wildman–Crippen LogP) is 3.23. The third-order valence-corrected chi connectivity index (χ3v) is 11.0. The maximum atomic E-state index is 13.9. The molecular weight excluding hydrogens is 622 g/mol. The zero-order valence-electron chi connectivity index (χ0n) is 31.3. The van der Waals surface area contributed by atoms with Crippen molar-refractivity contribution in [3.8, 4) is 0 Å². The highest BCUT2D eigenvalue weighted by Gasteiger charge is 2.49. The second-order valence-corrected chi connectivity index (χ2v) is 15.5. The highest BCUT2D eigenvalue weighted by molar-refractivity contribution is 5.96. The normalized spacial score (nSPS) is 48.4. The summed E-state index contributed by atoms with van der Waals surface area (Å²) in [6, 6.07) is -0.207. The molecule has 0 radical (unpaired) electrons. The topological polar surface area (TPSA) is 153 Å². The van der Waals surface area contributed by atoms with Crippen molar-refractivity contribution < 1.29 is 53.3 Å². The van der Waals surface area contributed by atoms with Crippen LogP contribution in [0, 0.1) is 23.7 Å². The Bertz CT molecular complexity index is 1130. The van der Waals surface area contributed by atoms with Crippen LogP contribution in [0.25, 0.3) is 0 Å². The number of carbonyl (C=O) groups is 2. The average molecular weight is 686 g/mol. The van der Waals surface area contributed by atoms with Gasteiger partial charge in [0.1, 0.15) is 23.9 Å². The van der Waals surface area contributed by atoms with Crippen LogP contribution in [0.3, 0.4) is 0 Å². The lowest BCUT2D eigenvalue weighted by Crippen LogP contribution is -2.58. The largest absolute Gasteiger partial charge is 0.459 e. The van der Waals surface area contributed by atoms with Crippen LogP contribution >= 0.6 is 0 Å². The number of likely N-dealkylation sites (N-methyl/N-ethyl adjacent to an activating group) is 1. The third-order valence-electron chi connectivity index (χ3n) is 11.0. The number of aliphatic hydroxyl groups excluding tert-OH is 2. The predicted molar refractivity (Wildman–Crippen MR) is 179 cm³/mol. The number of allylic oxidation sites excluding steroid dienone is 1. The van der Waals surface area contributed by atoms with E-state index in [4.69, 9.17) is 28.4 Å². The number of ketones is 1. The summed E-state index contributed by atoms with van der Waals surface area (Å²) in [6.45, 7) is 17.7. The first-order chi connectivity index (χ1) is 22.1. The first-order valence-electron chi connectivity index (χ1n) is 17.5. The van der Waals surface area contributed by atoms with Crippen LogP contribution in [0.4, 0.5) is 0 Å². The van der Waals surface area contributed by atoms with E-state index in [2.05, 4.69) is 0 Å². The molecular formula is C36H63NO11. The molecule has 0 amide bonds. The Labute approximate surface area is 287 Å². The first kappa shape index (κ1) is 40.9. The number of aliphatic hydroxyl groups is 3. The lowest BCUT2D eigenvalue weighted by Gasteiger charge is -2.47. The van der Waals surface area contributed by atoms with Crippen molar-refractivity contribution in [2.75, 3.05) is 21.2 Å². The monoisotopic (exact) mass is 685 g/mol. The molecule has 7 unspecified atom stereocenters. The Balaban J connectivity index is 2.11. The summed E-state index contributed by atoms with van der Waals surface area (Å²) in [4.78, 5) is 29.4. The van der Waals surface area contributed by atoms with Gasteiger partial charge in [0.25, 0.3) is 0 Å². The van der Waals surface area contributed by atoms with Gasteiger partial charge in [-0.1, -0.05) is 20.8 Å². The van der Waals surface area contributed by atoms with Crippen LogP contribution in [0.5, 0.6) is 0 Å². The summed E-state index contributed by atoms with van der Waals surface area (Å²) in [5.41, 5.74) is -2.20. The van der Waals surface area contributed by atoms with Crippen LogP contribution in [0.15, 0.2) is 11.6 Å². The zero-order chi connectivity index (χ0) is 36.5. The Morgan fingerprint density at radius 3 is 2.15 bits per heavy atom. The van der Waals surface area contributed by atoms with Gasteiger partial charge in [0.05, 0.1) is 35.9 Å². The molecule has 48 heavy (non-hydrogen) atoms. The van der Waals surface area contributed by atoms with Crippen molar-refractivity contribution in [1.82, 2.24) is 4.90 Å². The molecule has 3 heterocycles. The maximum absolute atomic E-state index is 13.9. The quantitative estimate of drug-likeness (QED) is 0.352. The molecule has 3 rings (SSSR count). The molecule has 0 spiro atoms. The summed E-state index contributed by atoms with van der Waals surface area (Å²) in [5.74, 6) is -2.84. The zero-order valence-corrected chi connectivity index (χ0v) is 31.3. The second kappa shape index (κ2) is 16.2. The summed E-state index contributed by atoms with van der Waals surface area (Å²) in [6.07, 6.45) is -4.30. The Hall–Kier alpha value is -1.48. The van der Waals surface area contributed by atoms with E-state index >= 15 is 0 Å².